The van der Waals surface area contributed by atoms with Crippen LogP contribution in [0.5, 0.6) is 0 Å². The lowest BCUT2D eigenvalue weighted by Crippen LogP contribution is -2.50. The van der Waals surface area contributed by atoms with Crippen LogP contribution in [-0.4, -0.2) is 42.6 Å². The lowest BCUT2D eigenvalue weighted by molar-refractivity contribution is 0.176. The average molecular weight is 239 g/mol. The van der Waals surface area contributed by atoms with Crippen LogP contribution in [0.15, 0.2) is 0 Å². The molecule has 2 fully saturated rings. The highest BCUT2D eigenvalue weighted by atomic mass is 16.2. The van der Waals surface area contributed by atoms with Crippen molar-refractivity contribution in [1.82, 2.24) is 15.5 Å². The molecule has 4 heteroatoms. The van der Waals surface area contributed by atoms with Crippen LogP contribution in [0.25, 0.3) is 0 Å². The molecule has 17 heavy (non-hydrogen) atoms. The zero-order valence-electron chi connectivity index (χ0n) is 10.9. The normalized spacial score (nSPS) is 27.6. The largest absolute Gasteiger partial charge is 0.335 e. The number of nitrogens with zero attached hydrogens (tertiary/aromatic N) is 1. The fourth-order valence-electron chi connectivity index (χ4n) is 2.82. The van der Waals surface area contributed by atoms with Crippen molar-refractivity contribution in [3.8, 4) is 0 Å². The van der Waals surface area contributed by atoms with Gasteiger partial charge in [-0.1, -0.05) is 19.3 Å². The second-order valence-corrected chi connectivity index (χ2v) is 5.38. The van der Waals surface area contributed by atoms with Gasteiger partial charge in [0.2, 0.25) is 0 Å². The smallest absolute Gasteiger partial charge is 0.317 e. The summed E-state index contributed by atoms with van der Waals surface area (Å²) in [7, 11) is 0. The first kappa shape index (κ1) is 12.7. The molecule has 2 amide bonds. The Morgan fingerprint density at radius 1 is 1.24 bits per heavy atom. The summed E-state index contributed by atoms with van der Waals surface area (Å²) < 4.78 is 0. The molecule has 1 saturated carbocycles. The van der Waals surface area contributed by atoms with Gasteiger partial charge in [-0.2, -0.15) is 0 Å². The first-order chi connectivity index (χ1) is 8.27. The molecule has 1 unspecified atom stereocenters. The van der Waals surface area contributed by atoms with Gasteiger partial charge in [-0.05, 0) is 32.7 Å². The van der Waals surface area contributed by atoms with Gasteiger partial charge >= 0.3 is 6.03 Å². The van der Waals surface area contributed by atoms with E-state index in [9.17, 15) is 4.79 Å². The summed E-state index contributed by atoms with van der Waals surface area (Å²) in [6.45, 7) is 4.95. The van der Waals surface area contributed by atoms with Crippen molar-refractivity contribution in [2.75, 3.05) is 19.6 Å². The van der Waals surface area contributed by atoms with Crippen molar-refractivity contribution >= 4 is 6.03 Å². The fraction of sp³-hybridized carbons (Fsp3) is 0.923. The Hall–Kier alpha value is -0.770. The highest BCUT2D eigenvalue weighted by Crippen LogP contribution is 2.18. The number of carbonyl (C=O) groups is 1. The Balaban J connectivity index is 1.84. The van der Waals surface area contributed by atoms with E-state index in [4.69, 9.17) is 0 Å². The van der Waals surface area contributed by atoms with E-state index < -0.39 is 0 Å². The molecule has 0 aromatic rings. The third-order valence-corrected chi connectivity index (χ3v) is 3.92. The van der Waals surface area contributed by atoms with Crippen LogP contribution in [0.2, 0.25) is 0 Å². The molecular weight excluding hydrogens is 214 g/mol. The number of hydrogen-bond acceptors (Lipinski definition) is 2. The number of nitrogens with one attached hydrogen (secondary N) is 2. The summed E-state index contributed by atoms with van der Waals surface area (Å²) in [6.07, 6.45) is 7.24. The van der Waals surface area contributed by atoms with Crippen LogP contribution in [0.4, 0.5) is 4.79 Å². The molecule has 0 bridgehead atoms. The van der Waals surface area contributed by atoms with Crippen LogP contribution in [-0.2, 0) is 0 Å². The number of hydrogen-bond donors (Lipinski definition) is 2. The van der Waals surface area contributed by atoms with Crippen LogP contribution < -0.4 is 10.6 Å². The average Bonchev–Trinajstić information content (AvgIpc) is 2.55. The molecule has 4 nitrogen and oxygen atoms in total. The van der Waals surface area contributed by atoms with Gasteiger partial charge < -0.3 is 15.5 Å². The third-order valence-electron chi connectivity index (χ3n) is 3.92. The van der Waals surface area contributed by atoms with Gasteiger partial charge in [0.15, 0.2) is 0 Å². The highest BCUT2D eigenvalue weighted by Gasteiger charge is 2.24. The zero-order valence-corrected chi connectivity index (χ0v) is 10.9. The highest BCUT2D eigenvalue weighted by molar-refractivity contribution is 5.75. The monoisotopic (exact) mass is 239 g/mol. The van der Waals surface area contributed by atoms with Crippen LogP contribution >= 0.6 is 0 Å². The molecule has 0 radical (unpaired) electrons. The molecule has 0 aromatic heterocycles. The van der Waals surface area contributed by atoms with E-state index in [1.807, 2.05) is 4.90 Å². The lowest BCUT2D eigenvalue weighted by atomic mass is 9.96. The zero-order chi connectivity index (χ0) is 12.1. The van der Waals surface area contributed by atoms with Gasteiger partial charge in [0.1, 0.15) is 0 Å². The molecule has 1 aliphatic heterocycles. The molecule has 1 atom stereocenters. The van der Waals surface area contributed by atoms with Crippen molar-refractivity contribution in [2.24, 2.45) is 0 Å². The topological polar surface area (TPSA) is 44.4 Å². The van der Waals surface area contributed by atoms with Crippen molar-refractivity contribution in [1.29, 1.82) is 0 Å². The first-order valence-corrected chi connectivity index (χ1v) is 7.05. The SMILES string of the molecule is CC1CNCCCN1C(=O)NC1CCCCC1. The summed E-state index contributed by atoms with van der Waals surface area (Å²) in [5, 5.41) is 6.57. The molecule has 1 heterocycles. The van der Waals surface area contributed by atoms with Gasteiger partial charge in [0.05, 0.1) is 0 Å². The van der Waals surface area contributed by atoms with E-state index in [1.165, 1.54) is 19.3 Å². The predicted molar refractivity (Wildman–Crippen MR) is 69.1 cm³/mol. The molecule has 0 aromatic carbocycles. The van der Waals surface area contributed by atoms with Gasteiger partial charge in [0, 0.05) is 25.2 Å². The van der Waals surface area contributed by atoms with E-state index in [1.54, 1.807) is 0 Å². The maximum atomic E-state index is 12.2. The van der Waals surface area contributed by atoms with Crippen molar-refractivity contribution in [2.45, 2.75) is 57.5 Å². The van der Waals surface area contributed by atoms with Gasteiger partial charge in [-0.3, -0.25) is 0 Å². The summed E-state index contributed by atoms with van der Waals surface area (Å²) in [4.78, 5) is 14.2. The Labute approximate surface area is 104 Å². The van der Waals surface area contributed by atoms with Gasteiger partial charge in [0.25, 0.3) is 0 Å². The Morgan fingerprint density at radius 3 is 2.76 bits per heavy atom. The van der Waals surface area contributed by atoms with Crippen LogP contribution in [0.3, 0.4) is 0 Å². The van der Waals surface area contributed by atoms with E-state index in [0.717, 1.165) is 38.9 Å². The molecule has 98 valence electrons. The second-order valence-electron chi connectivity index (χ2n) is 5.38. The van der Waals surface area contributed by atoms with Crippen molar-refractivity contribution < 1.29 is 4.79 Å². The quantitative estimate of drug-likeness (QED) is 0.731. The summed E-state index contributed by atoms with van der Waals surface area (Å²) in [5.74, 6) is 0. The third kappa shape index (κ3) is 3.60. The van der Waals surface area contributed by atoms with Crippen molar-refractivity contribution in [3.63, 3.8) is 0 Å². The maximum absolute atomic E-state index is 12.2. The van der Waals surface area contributed by atoms with Gasteiger partial charge in [-0.25, -0.2) is 4.79 Å². The van der Waals surface area contributed by atoms with E-state index in [2.05, 4.69) is 17.6 Å². The fourth-order valence-corrected chi connectivity index (χ4v) is 2.82. The molecule has 2 aliphatic rings. The summed E-state index contributed by atoms with van der Waals surface area (Å²) in [5.41, 5.74) is 0. The number of carbonyl (C=O) groups excluding carboxylic acids is 1. The Kier molecular flexibility index (Phi) is 4.66. The minimum absolute atomic E-state index is 0.146. The van der Waals surface area contributed by atoms with E-state index in [0.29, 0.717) is 12.1 Å². The first-order valence-electron chi connectivity index (χ1n) is 7.05. The lowest BCUT2D eigenvalue weighted by Gasteiger charge is -2.30. The minimum atomic E-state index is 0.146. The molecule has 1 aliphatic carbocycles. The standard InChI is InChI=1S/C13H25N3O/c1-11-10-14-8-5-9-16(11)13(17)15-12-6-3-2-4-7-12/h11-12,14H,2-10H2,1H3,(H,15,17). The molecule has 1 saturated heterocycles. The Morgan fingerprint density at radius 2 is 2.00 bits per heavy atom. The predicted octanol–water partition coefficient (Wildman–Crippen LogP) is 1.71. The molecule has 2 N–H and O–H groups in total. The number of urea groups is 1. The molecule has 2 rings (SSSR count). The molecule has 0 spiro atoms. The van der Waals surface area contributed by atoms with Gasteiger partial charge in [-0.15, -0.1) is 0 Å². The Bertz CT molecular complexity index is 251. The molecular formula is C13H25N3O. The second kappa shape index (κ2) is 6.24. The number of amides is 2. The van der Waals surface area contributed by atoms with Crippen LogP contribution in [0, 0.1) is 0 Å². The summed E-state index contributed by atoms with van der Waals surface area (Å²) in [6, 6.07) is 0.869. The minimum Gasteiger partial charge on any atom is -0.335 e. The van der Waals surface area contributed by atoms with E-state index in [-0.39, 0.29) is 6.03 Å². The summed E-state index contributed by atoms with van der Waals surface area (Å²) >= 11 is 0. The van der Waals surface area contributed by atoms with Crippen LogP contribution in [0.1, 0.15) is 45.4 Å². The maximum Gasteiger partial charge on any atom is 0.317 e. The van der Waals surface area contributed by atoms with Crippen molar-refractivity contribution in [3.05, 3.63) is 0 Å². The van der Waals surface area contributed by atoms with E-state index >= 15 is 0 Å². The number of rotatable bonds is 1.